The van der Waals surface area contributed by atoms with E-state index in [9.17, 15) is 0 Å². The molecule has 0 bridgehead atoms. The summed E-state index contributed by atoms with van der Waals surface area (Å²) in [5, 5.41) is 0. The molecule has 182 valence electrons. The van der Waals surface area contributed by atoms with Gasteiger partial charge in [-0.1, -0.05) is 138 Å². The van der Waals surface area contributed by atoms with Gasteiger partial charge in [0.2, 0.25) is 0 Å². The van der Waals surface area contributed by atoms with Crippen LogP contribution in [0.5, 0.6) is 0 Å². The topological polar surface area (TPSA) is 0 Å². The first-order valence-electron chi connectivity index (χ1n) is 13.0. The third-order valence-corrected chi connectivity index (χ3v) is 13.6. The molecule has 3 aromatic carbocycles. The molecular weight excluding hydrogens is 446 g/mol. The average Bonchev–Trinajstić information content (AvgIpc) is 2.80. The third-order valence-electron chi connectivity index (χ3n) is 6.88. The molecular formula is C32H44P2. The zero-order valence-electron chi connectivity index (χ0n) is 22.5. The van der Waals surface area contributed by atoms with E-state index in [-0.39, 0.29) is 15.8 Å². The molecule has 0 atom stereocenters. The Balaban J connectivity index is 1.99. The summed E-state index contributed by atoms with van der Waals surface area (Å²) in [6, 6.07) is 27.5. The van der Waals surface area contributed by atoms with Crippen LogP contribution in [0.15, 0.2) is 72.8 Å². The highest BCUT2D eigenvalue weighted by atomic mass is 31.1. The summed E-state index contributed by atoms with van der Waals surface area (Å²) in [7, 11) is -0.0773. The molecule has 0 spiro atoms. The zero-order chi connectivity index (χ0) is 24.8. The van der Waals surface area contributed by atoms with Gasteiger partial charge >= 0.3 is 0 Å². The van der Waals surface area contributed by atoms with Gasteiger partial charge in [-0.25, -0.2) is 0 Å². The molecule has 0 aromatic heterocycles. The molecule has 0 amide bonds. The van der Waals surface area contributed by atoms with E-state index >= 15 is 0 Å². The van der Waals surface area contributed by atoms with Crippen LogP contribution in [-0.2, 0) is 12.3 Å². The zero-order valence-corrected chi connectivity index (χ0v) is 24.3. The summed E-state index contributed by atoms with van der Waals surface area (Å²) < 4.78 is 0. The Kier molecular flexibility index (Phi) is 9.95. The van der Waals surface area contributed by atoms with E-state index in [4.69, 9.17) is 0 Å². The molecule has 0 heterocycles. The lowest BCUT2D eigenvalue weighted by Crippen LogP contribution is -2.06. The largest absolute Gasteiger partial charge is 0.0969 e. The molecule has 0 fully saturated rings. The van der Waals surface area contributed by atoms with Crippen molar-refractivity contribution >= 4 is 15.8 Å². The highest BCUT2D eigenvalue weighted by Gasteiger charge is 2.20. The van der Waals surface area contributed by atoms with E-state index in [1.54, 1.807) is 0 Å². The maximum absolute atomic E-state index is 2.43. The lowest BCUT2D eigenvalue weighted by molar-refractivity contribution is 0.996. The van der Waals surface area contributed by atoms with Crippen LogP contribution in [0, 0.1) is 0 Å². The molecule has 0 saturated heterocycles. The van der Waals surface area contributed by atoms with Gasteiger partial charge in [0.1, 0.15) is 0 Å². The monoisotopic (exact) mass is 490 g/mol. The van der Waals surface area contributed by atoms with Crippen LogP contribution in [0.25, 0.3) is 22.3 Å². The van der Waals surface area contributed by atoms with Gasteiger partial charge in [-0.2, -0.15) is 0 Å². The van der Waals surface area contributed by atoms with Crippen molar-refractivity contribution in [3.05, 3.63) is 83.9 Å². The van der Waals surface area contributed by atoms with Crippen molar-refractivity contribution in [2.75, 3.05) is 0 Å². The Hall–Kier alpha value is -1.48. The molecule has 0 nitrogen and oxygen atoms in total. The minimum atomic E-state index is -0.0387. The first-order valence-corrected chi connectivity index (χ1v) is 16.3. The van der Waals surface area contributed by atoms with Crippen LogP contribution in [-0.4, -0.2) is 22.6 Å². The second kappa shape index (κ2) is 12.5. The first-order chi connectivity index (χ1) is 16.2. The number of rotatable bonds is 10. The molecule has 0 aliphatic heterocycles. The van der Waals surface area contributed by atoms with Crippen molar-refractivity contribution in [1.82, 2.24) is 0 Å². The molecule has 0 radical (unpaired) electrons. The fourth-order valence-electron chi connectivity index (χ4n) is 5.05. The lowest BCUT2D eigenvalue weighted by Gasteiger charge is -2.27. The number of hydrogen-bond acceptors (Lipinski definition) is 0. The summed E-state index contributed by atoms with van der Waals surface area (Å²) in [5.41, 5.74) is 11.5. The van der Waals surface area contributed by atoms with Crippen molar-refractivity contribution in [1.29, 1.82) is 0 Å². The summed E-state index contributed by atoms with van der Waals surface area (Å²) >= 11 is 0. The van der Waals surface area contributed by atoms with Crippen LogP contribution in [0.3, 0.4) is 0 Å². The molecule has 0 N–H and O–H groups in total. The molecule has 0 aliphatic rings. The molecule has 0 saturated carbocycles. The van der Waals surface area contributed by atoms with Gasteiger partial charge in [0.25, 0.3) is 0 Å². The van der Waals surface area contributed by atoms with Gasteiger partial charge in [-0.15, -0.1) is 0 Å². The smallest absolute Gasteiger partial charge is 0.00623 e. The lowest BCUT2D eigenvalue weighted by atomic mass is 9.95. The summed E-state index contributed by atoms with van der Waals surface area (Å²) in [4.78, 5) is 0. The summed E-state index contributed by atoms with van der Waals surface area (Å²) in [6.45, 7) is 19.2. The van der Waals surface area contributed by atoms with Crippen molar-refractivity contribution in [2.24, 2.45) is 0 Å². The van der Waals surface area contributed by atoms with Gasteiger partial charge in [0.15, 0.2) is 0 Å². The van der Waals surface area contributed by atoms with Crippen LogP contribution >= 0.6 is 15.8 Å². The van der Waals surface area contributed by atoms with Crippen LogP contribution in [0.1, 0.15) is 66.5 Å². The van der Waals surface area contributed by atoms with Crippen molar-refractivity contribution in [2.45, 2.75) is 90.3 Å². The summed E-state index contributed by atoms with van der Waals surface area (Å²) in [5.74, 6) is 0. The fraction of sp³-hybridized carbons (Fsp3) is 0.438. The van der Waals surface area contributed by atoms with Crippen molar-refractivity contribution in [3.8, 4) is 22.3 Å². The molecule has 3 rings (SSSR count). The second-order valence-electron chi connectivity index (χ2n) is 10.6. The molecule has 0 aliphatic carbocycles. The molecule has 34 heavy (non-hydrogen) atoms. The van der Waals surface area contributed by atoms with Crippen LogP contribution in [0.4, 0.5) is 0 Å². The van der Waals surface area contributed by atoms with E-state index in [0.29, 0.717) is 0 Å². The Bertz CT molecular complexity index is 951. The van der Waals surface area contributed by atoms with E-state index in [1.165, 1.54) is 45.7 Å². The maximum Gasteiger partial charge on any atom is -0.00623 e. The minimum Gasteiger partial charge on any atom is -0.0969 e. The minimum absolute atomic E-state index is 0.0387. The van der Waals surface area contributed by atoms with Gasteiger partial charge < -0.3 is 0 Å². The van der Waals surface area contributed by atoms with Gasteiger partial charge in [0, 0.05) is 0 Å². The molecule has 3 aromatic rings. The quantitative estimate of drug-likeness (QED) is 0.248. The van der Waals surface area contributed by atoms with E-state index in [1.807, 2.05) is 0 Å². The number of hydrogen-bond donors (Lipinski definition) is 0. The SMILES string of the molecule is CC(C)P(Cc1ccccc1-c1cccc(-c2ccccc2CP(C(C)C)C(C)C)c1)C(C)C. The standard InChI is InChI=1S/C32H44P2/c1-23(2)33(24(3)4)21-29-14-9-11-18-31(29)27-16-13-17-28(20-27)32-19-12-10-15-30(32)22-34(25(5)6)26(7)8/h9-20,23-26H,21-22H2,1-8H3. The molecule has 0 unspecified atom stereocenters. The Morgan fingerprint density at radius 2 is 0.824 bits per heavy atom. The van der Waals surface area contributed by atoms with E-state index in [2.05, 4.69) is 128 Å². The van der Waals surface area contributed by atoms with Crippen molar-refractivity contribution < 1.29 is 0 Å². The van der Waals surface area contributed by atoms with Gasteiger partial charge in [0.05, 0.1) is 0 Å². The average molecular weight is 491 g/mol. The third kappa shape index (κ3) is 6.80. The van der Waals surface area contributed by atoms with Gasteiger partial charge in [-0.05, 0) is 74.4 Å². The Labute approximate surface area is 212 Å². The maximum atomic E-state index is 2.43. The Morgan fingerprint density at radius 3 is 1.18 bits per heavy atom. The molecule has 2 heteroatoms. The van der Waals surface area contributed by atoms with Crippen molar-refractivity contribution in [3.63, 3.8) is 0 Å². The predicted molar refractivity (Wildman–Crippen MR) is 159 cm³/mol. The van der Waals surface area contributed by atoms with Crippen LogP contribution < -0.4 is 0 Å². The normalized spacial score (nSPS) is 12.2. The van der Waals surface area contributed by atoms with Gasteiger partial charge in [-0.3, -0.25) is 0 Å². The Morgan fingerprint density at radius 1 is 0.471 bits per heavy atom. The highest BCUT2D eigenvalue weighted by molar-refractivity contribution is 7.58. The van der Waals surface area contributed by atoms with E-state index in [0.717, 1.165) is 22.6 Å². The fourth-order valence-corrected chi connectivity index (χ4v) is 10.2. The van der Waals surface area contributed by atoms with Crippen LogP contribution in [0.2, 0.25) is 0 Å². The van der Waals surface area contributed by atoms with E-state index < -0.39 is 0 Å². The highest BCUT2D eigenvalue weighted by Crippen LogP contribution is 2.51. The second-order valence-corrected chi connectivity index (χ2v) is 17.4. The first kappa shape index (κ1) is 27.1. The summed E-state index contributed by atoms with van der Waals surface area (Å²) in [6.07, 6.45) is 2.41. The number of benzene rings is 3. The predicted octanol–water partition coefficient (Wildman–Crippen LogP) is 10.6.